The number of nitrogens with zero attached hydrogens (tertiary/aromatic N) is 1. The van der Waals surface area contributed by atoms with Gasteiger partial charge in [0.1, 0.15) is 5.02 Å². The van der Waals surface area contributed by atoms with Gasteiger partial charge in [-0.2, -0.15) is 0 Å². The third-order valence-corrected chi connectivity index (χ3v) is 4.24. The minimum atomic E-state index is -0.939. The van der Waals surface area contributed by atoms with Crippen molar-refractivity contribution in [2.45, 2.75) is 13.8 Å². The minimum Gasteiger partial charge on any atom is -0.451 e. The van der Waals surface area contributed by atoms with E-state index in [2.05, 4.69) is 10.3 Å². The van der Waals surface area contributed by atoms with Crippen molar-refractivity contribution in [1.29, 1.82) is 0 Å². The van der Waals surface area contributed by atoms with Gasteiger partial charge in [0.2, 0.25) is 0 Å². The molecule has 1 heterocycles. The molecule has 6 nitrogen and oxygen atoms in total. The summed E-state index contributed by atoms with van der Waals surface area (Å²) in [5.41, 5.74) is 7.83. The first-order valence-corrected chi connectivity index (χ1v) is 8.17. The number of nitrogen functional groups attached to an aromatic ring is 1. The number of anilines is 2. The summed E-state index contributed by atoms with van der Waals surface area (Å²) >= 11 is 17.5. The number of nitrogens with two attached hydrogens (primary N) is 1. The zero-order valence-corrected chi connectivity index (χ0v) is 15.6. The lowest BCUT2D eigenvalue weighted by molar-refractivity contribution is -0.119. The average molecular weight is 403 g/mol. The molecule has 1 aromatic carbocycles. The van der Waals surface area contributed by atoms with Crippen LogP contribution in [0.25, 0.3) is 0 Å². The number of carbonyl (C=O) groups excluding carboxylic acids is 2. The number of aryl methyl sites for hydroxylation is 2. The summed E-state index contributed by atoms with van der Waals surface area (Å²) in [4.78, 5) is 27.7. The van der Waals surface area contributed by atoms with E-state index in [1.807, 2.05) is 19.9 Å². The Hall–Kier alpha value is -2.02. The maximum atomic E-state index is 12.0. The van der Waals surface area contributed by atoms with Gasteiger partial charge < -0.3 is 15.8 Å². The Balaban J connectivity index is 2.04. The van der Waals surface area contributed by atoms with Crippen molar-refractivity contribution >= 4 is 58.1 Å². The molecule has 2 rings (SSSR count). The number of esters is 1. The van der Waals surface area contributed by atoms with Gasteiger partial charge in [-0.15, -0.1) is 0 Å². The lowest BCUT2D eigenvalue weighted by Crippen LogP contribution is -2.21. The van der Waals surface area contributed by atoms with Crippen LogP contribution in [0, 0.1) is 13.8 Å². The van der Waals surface area contributed by atoms with Crippen LogP contribution in [0.5, 0.6) is 0 Å². The van der Waals surface area contributed by atoms with Crippen LogP contribution in [-0.2, 0) is 9.53 Å². The van der Waals surface area contributed by atoms with Crippen molar-refractivity contribution < 1.29 is 14.3 Å². The Morgan fingerprint density at radius 2 is 1.72 bits per heavy atom. The fraction of sp³-hybridized carbons (Fsp3) is 0.188. The van der Waals surface area contributed by atoms with E-state index in [9.17, 15) is 9.59 Å². The van der Waals surface area contributed by atoms with Crippen molar-refractivity contribution in [2.75, 3.05) is 17.7 Å². The maximum Gasteiger partial charge on any atom is 0.359 e. The first-order valence-electron chi connectivity index (χ1n) is 7.04. The molecule has 0 saturated carbocycles. The quantitative estimate of drug-likeness (QED) is 0.594. The predicted molar refractivity (Wildman–Crippen MR) is 98.5 cm³/mol. The molecular formula is C16H14Cl3N3O3. The van der Waals surface area contributed by atoms with E-state index < -0.39 is 18.5 Å². The molecule has 3 N–H and O–H groups in total. The van der Waals surface area contributed by atoms with Gasteiger partial charge >= 0.3 is 5.97 Å². The van der Waals surface area contributed by atoms with E-state index in [0.717, 1.165) is 11.1 Å². The van der Waals surface area contributed by atoms with Gasteiger partial charge in [-0.1, -0.05) is 40.9 Å². The minimum absolute atomic E-state index is 0.0595. The van der Waals surface area contributed by atoms with Gasteiger partial charge in [-0.05, 0) is 37.1 Å². The number of benzene rings is 1. The Kier molecular flexibility index (Phi) is 6.11. The Morgan fingerprint density at radius 3 is 2.32 bits per heavy atom. The highest BCUT2D eigenvalue weighted by Gasteiger charge is 2.21. The van der Waals surface area contributed by atoms with Crippen molar-refractivity contribution in [3.8, 4) is 0 Å². The number of pyridine rings is 1. The fourth-order valence-corrected chi connectivity index (χ4v) is 2.70. The lowest BCUT2D eigenvalue weighted by atomic mass is 10.1. The normalized spacial score (nSPS) is 10.4. The molecule has 0 aliphatic carbocycles. The topological polar surface area (TPSA) is 94.3 Å². The summed E-state index contributed by atoms with van der Waals surface area (Å²) in [6.07, 6.45) is 0. The van der Waals surface area contributed by atoms with Gasteiger partial charge in [0.25, 0.3) is 5.91 Å². The van der Waals surface area contributed by atoms with Crippen LogP contribution in [0.1, 0.15) is 21.6 Å². The van der Waals surface area contributed by atoms with Crippen molar-refractivity contribution in [2.24, 2.45) is 0 Å². The van der Waals surface area contributed by atoms with E-state index in [1.165, 1.54) is 0 Å². The zero-order chi connectivity index (χ0) is 18.7. The van der Waals surface area contributed by atoms with Crippen molar-refractivity contribution in [3.63, 3.8) is 0 Å². The van der Waals surface area contributed by atoms with Crippen LogP contribution in [0.15, 0.2) is 18.2 Å². The first-order chi connectivity index (χ1) is 11.7. The third kappa shape index (κ3) is 4.75. The smallest absolute Gasteiger partial charge is 0.359 e. The van der Waals surface area contributed by atoms with E-state index in [1.54, 1.807) is 12.1 Å². The molecule has 0 aliphatic heterocycles. The van der Waals surface area contributed by atoms with Gasteiger partial charge in [-0.25, -0.2) is 9.78 Å². The zero-order valence-electron chi connectivity index (χ0n) is 13.3. The van der Waals surface area contributed by atoms with Gasteiger partial charge in [0.15, 0.2) is 17.5 Å². The number of ether oxygens (including phenoxy) is 1. The van der Waals surface area contributed by atoms with E-state index in [4.69, 9.17) is 45.3 Å². The van der Waals surface area contributed by atoms with Gasteiger partial charge in [0, 0.05) is 5.69 Å². The second-order valence-corrected chi connectivity index (χ2v) is 6.41. The monoisotopic (exact) mass is 401 g/mol. The molecule has 0 saturated heterocycles. The van der Waals surface area contributed by atoms with E-state index in [-0.39, 0.29) is 26.6 Å². The molecule has 0 fully saturated rings. The number of aromatic nitrogens is 1. The molecule has 0 spiro atoms. The summed E-state index contributed by atoms with van der Waals surface area (Å²) < 4.78 is 4.90. The van der Waals surface area contributed by atoms with Crippen molar-refractivity contribution in [1.82, 2.24) is 4.98 Å². The van der Waals surface area contributed by atoms with Crippen LogP contribution in [0.3, 0.4) is 0 Å². The van der Waals surface area contributed by atoms with E-state index >= 15 is 0 Å². The lowest BCUT2D eigenvalue weighted by Gasteiger charge is -2.10. The Bertz CT molecular complexity index is 836. The first kappa shape index (κ1) is 19.3. The molecule has 0 bridgehead atoms. The van der Waals surface area contributed by atoms with E-state index in [0.29, 0.717) is 5.69 Å². The molecule has 1 aromatic heterocycles. The molecule has 0 atom stereocenters. The molecule has 0 unspecified atom stereocenters. The number of carbonyl (C=O) groups is 2. The Labute approximate surface area is 159 Å². The molecule has 9 heteroatoms. The highest BCUT2D eigenvalue weighted by Crippen LogP contribution is 2.34. The number of rotatable bonds is 4. The van der Waals surface area contributed by atoms with Gasteiger partial charge in [-0.3, -0.25) is 4.79 Å². The summed E-state index contributed by atoms with van der Waals surface area (Å²) in [5, 5.41) is 2.21. The molecular weight excluding hydrogens is 389 g/mol. The molecule has 0 radical (unpaired) electrons. The molecule has 132 valence electrons. The highest BCUT2D eigenvalue weighted by atomic mass is 35.5. The maximum absolute atomic E-state index is 12.0. The predicted octanol–water partition coefficient (Wildman–Crippen LogP) is 4.04. The number of hydrogen-bond donors (Lipinski definition) is 2. The van der Waals surface area contributed by atoms with Gasteiger partial charge in [0.05, 0.1) is 10.7 Å². The number of hydrogen-bond acceptors (Lipinski definition) is 5. The largest absolute Gasteiger partial charge is 0.451 e. The number of nitrogens with one attached hydrogen (secondary N) is 1. The standard InChI is InChI=1S/C16H14Cl3N3O3/c1-7-3-8(2)5-9(4-7)21-10(23)6-25-16(24)14-11(17)13(20)12(18)15(19)22-14/h3-5H,6H2,1-2H3,(H2,20,22)(H,21,23). The van der Waals surface area contributed by atoms with Crippen LogP contribution in [0.2, 0.25) is 15.2 Å². The Morgan fingerprint density at radius 1 is 1.12 bits per heavy atom. The molecule has 0 aliphatic rings. The molecule has 1 amide bonds. The summed E-state index contributed by atoms with van der Waals surface area (Å²) in [5.74, 6) is -1.45. The number of amides is 1. The van der Waals surface area contributed by atoms with Crippen LogP contribution in [0.4, 0.5) is 11.4 Å². The molecule has 25 heavy (non-hydrogen) atoms. The second-order valence-electron chi connectivity index (χ2n) is 5.29. The fourth-order valence-electron chi connectivity index (χ4n) is 2.11. The third-order valence-electron chi connectivity index (χ3n) is 3.11. The van der Waals surface area contributed by atoms with Crippen LogP contribution in [-0.4, -0.2) is 23.5 Å². The summed E-state index contributed by atoms with van der Waals surface area (Å²) in [6.45, 7) is 3.29. The van der Waals surface area contributed by atoms with Crippen molar-refractivity contribution in [3.05, 3.63) is 50.2 Å². The highest BCUT2D eigenvalue weighted by molar-refractivity contribution is 6.46. The average Bonchev–Trinajstić information content (AvgIpc) is 2.53. The second kappa shape index (κ2) is 7.91. The molecule has 2 aromatic rings. The SMILES string of the molecule is Cc1cc(C)cc(NC(=O)COC(=O)c2nc(Cl)c(Cl)c(N)c2Cl)c1. The summed E-state index contributed by atoms with van der Waals surface area (Å²) in [7, 11) is 0. The van der Waals surface area contributed by atoms with Crippen LogP contribution < -0.4 is 11.1 Å². The summed E-state index contributed by atoms with van der Waals surface area (Å²) in [6, 6.07) is 5.56. The van der Waals surface area contributed by atoms with Crippen LogP contribution >= 0.6 is 34.8 Å². The number of halogens is 3.